The lowest BCUT2D eigenvalue weighted by atomic mass is 9.89. The average molecular weight is 247 g/mol. The number of rotatable bonds is 4. The molecule has 0 bridgehead atoms. The summed E-state index contributed by atoms with van der Waals surface area (Å²) in [5.41, 5.74) is 2.22. The van der Waals surface area contributed by atoms with Crippen molar-refractivity contribution in [2.75, 3.05) is 11.9 Å². The highest BCUT2D eigenvalue weighted by Crippen LogP contribution is 2.25. The predicted octanol–water partition coefficient (Wildman–Crippen LogP) is 3.69. The minimum atomic E-state index is -0.860. The average Bonchev–Trinajstić information content (AvgIpc) is 2.37. The van der Waals surface area contributed by atoms with E-state index >= 15 is 0 Å². The third-order valence-electron chi connectivity index (χ3n) is 3.71. The van der Waals surface area contributed by atoms with Crippen molar-refractivity contribution in [1.29, 1.82) is 0 Å². The van der Waals surface area contributed by atoms with Gasteiger partial charge in [-0.15, -0.1) is 0 Å². The molecule has 18 heavy (non-hydrogen) atoms. The molecule has 0 atom stereocenters. The maximum Gasteiger partial charge on any atom is 0.337 e. The Kier molecular flexibility index (Phi) is 4.24. The van der Waals surface area contributed by atoms with Gasteiger partial charge in [0.2, 0.25) is 0 Å². The topological polar surface area (TPSA) is 49.3 Å². The zero-order chi connectivity index (χ0) is 13.0. The van der Waals surface area contributed by atoms with Gasteiger partial charge in [0.1, 0.15) is 0 Å². The SMILES string of the molecule is Cc1ccc(C(=O)O)c(NCC2CCCCC2)c1. The van der Waals surface area contributed by atoms with Gasteiger partial charge in [-0.3, -0.25) is 0 Å². The zero-order valence-electron chi connectivity index (χ0n) is 10.9. The fourth-order valence-electron chi connectivity index (χ4n) is 2.64. The van der Waals surface area contributed by atoms with Crippen molar-refractivity contribution in [2.45, 2.75) is 39.0 Å². The summed E-state index contributed by atoms with van der Waals surface area (Å²) in [6, 6.07) is 5.45. The van der Waals surface area contributed by atoms with Crippen LogP contribution in [0.15, 0.2) is 18.2 Å². The molecule has 0 heterocycles. The van der Waals surface area contributed by atoms with Crippen LogP contribution in [-0.2, 0) is 0 Å². The lowest BCUT2D eigenvalue weighted by Gasteiger charge is -2.22. The second-order valence-corrected chi connectivity index (χ2v) is 5.24. The van der Waals surface area contributed by atoms with Gasteiger partial charge in [-0.1, -0.05) is 25.3 Å². The Morgan fingerprint density at radius 1 is 1.33 bits per heavy atom. The van der Waals surface area contributed by atoms with E-state index in [0.717, 1.165) is 17.8 Å². The molecule has 1 aromatic rings. The normalized spacial score (nSPS) is 16.5. The Labute approximate surface area is 108 Å². The minimum Gasteiger partial charge on any atom is -0.478 e. The highest BCUT2D eigenvalue weighted by molar-refractivity contribution is 5.94. The number of carbonyl (C=O) groups is 1. The molecule has 3 heteroatoms. The maximum atomic E-state index is 11.1. The molecule has 1 aromatic carbocycles. The van der Waals surface area contributed by atoms with E-state index in [0.29, 0.717) is 11.5 Å². The molecule has 0 aromatic heterocycles. The first kappa shape index (κ1) is 12.9. The third kappa shape index (κ3) is 3.25. The van der Waals surface area contributed by atoms with E-state index in [1.807, 2.05) is 19.1 Å². The molecule has 0 aliphatic heterocycles. The van der Waals surface area contributed by atoms with Gasteiger partial charge in [0.25, 0.3) is 0 Å². The van der Waals surface area contributed by atoms with E-state index < -0.39 is 5.97 Å². The minimum absolute atomic E-state index is 0.372. The van der Waals surface area contributed by atoms with Gasteiger partial charge >= 0.3 is 5.97 Å². The second-order valence-electron chi connectivity index (χ2n) is 5.24. The molecule has 1 fully saturated rings. The molecule has 2 N–H and O–H groups in total. The Hall–Kier alpha value is -1.51. The van der Waals surface area contributed by atoms with Crippen molar-refractivity contribution < 1.29 is 9.90 Å². The summed E-state index contributed by atoms with van der Waals surface area (Å²) in [5.74, 6) is -0.165. The fraction of sp³-hybridized carbons (Fsp3) is 0.533. The van der Waals surface area contributed by atoms with Crippen LogP contribution in [-0.4, -0.2) is 17.6 Å². The van der Waals surface area contributed by atoms with Crippen LogP contribution in [0.2, 0.25) is 0 Å². The monoisotopic (exact) mass is 247 g/mol. The summed E-state index contributed by atoms with van der Waals surface area (Å²) in [7, 11) is 0. The van der Waals surface area contributed by atoms with Gasteiger partial charge < -0.3 is 10.4 Å². The lowest BCUT2D eigenvalue weighted by Crippen LogP contribution is -2.18. The van der Waals surface area contributed by atoms with Gasteiger partial charge in [0.15, 0.2) is 0 Å². The Balaban J connectivity index is 2.03. The molecule has 0 unspecified atom stereocenters. The van der Waals surface area contributed by atoms with E-state index in [4.69, 9.17) is 5.11 Å². The van der Waals surface area contributed by atoms with Crippen LogP contribution in [0.3, 0.4) is 0 Å². The zero-order valence-corrected chi connectivity index (χ0v) is 10.9. The molecule has 0 spiro atoms. The Morgan fingerprint density at radius 2 is 2.06 bits per heavy atom. The van der Waals surface area contributed by atoms with E-state index in [1.54, 1.807) is 6.07 Å². The highest BCUT2D eigenvalue weighted by Gasteiger charge is 2.15. The number of benzene rings is 1. The molecule has 98 valence electrons. The molecular weight excluding hydrogens is 226 g/mol. The molecule has 0 radical (unpaired) electrons. The standard InChI is InChI=1S/C15H21NO2/c1-11-7-8-13(15(17)18)14(9-11)16-10-12-5-3-2-4-6-12/h7-9,12,16H,2-6,10H2,1H3,(H,17,18). The van der Waals surface area contributed by atoms with E-state index in [1.165, 1.54) is 32.1 Å². The van der Waals surface area contributed by atoms with Gasteiger partial charge in [-0.2, -0.15) is 0 Å². The highest BCUT2D eigenvalue weighted by atomic mass is 16.4. The van der Waals surface area contributed by atoms with Gasteiger partial charge in [-0.25, -0.2) is 4.79 Å². The molecule has 3 nitrogen and oxygen atoms in total. The van der Waals surface area contributed by atoms with E-state index in [9.17, 15) is 4.79 Å². The number of hydrogen-bond donors (Lipinski definition) is 2. The Morgan fingerprint density at radius 3 is 2.72 bits per heavy atom. The number of nitrogens with one attached hydrogen (secondary N) is 1. The van der Waals surface area contributed by atoms with Crippen LogP contribution < -0.4 is 5.32 Å². The maximum absolute atomic E-state index is 11.1. The fourth-order valence-corrected chi connectivity index (χ4v) is 2.64. The smallest absolute Gasteiger partial charge is 0.337 e. The van der Waals surface area contributed by atoms with Crippen molar-refractivity contribution in [1.82, 2.24) is 0 Å². The van der Waals surface area contributed by atoms with Crippen molar-refractivity contribution >= 4 is 11.7 Å². The first-order valence-corrected chi connectivity index (χ1v) is 6.74. The summed E-state index contributed by atoms with van der Waals surface area (Å²) in [6.45, 7) is 2.88. The van der Waals surface area contributed by atoms with Crippen LogP contribution in [0.25, 0.3) is 0 Å². The number of anilines is 1. The number of aryl methyl sites for hydroxylation is 1. The Bertz CT molecular complexity index is 423. The van der Waals surface area contributed by atoms with Gasteiger partial charge in [-0.05, 0) is 43.4 Å². The van der Waals surface area contributed by atoms with Crippen molar-refractivity contribution in [3.63, 3.8) is 0 Å². The quantitative estimate of drug-likeness (QED) is 0.853. The van der Waals surface area contributed by atoms with E-state index in [2.05, 4.69) is 5.32 Å². The molecule has 0 amide bonds. The summed E-state index contributed by atoms with van der Waals surface area (Å²) in [5, 5.41) is 12.5. The molecule has 1 aliphatic rings. The lowest BCUT2D eigenvalue weighted by molar-refractivity contribution is 0.0698. The van der Waals surface area contributed by atoms with Crippen molar-refractivity contribution in [3.05, 3.63) is 29.3 Å². The van der Waals surface area contributed by atoms with Gasteiger partial charge in [0.05, 0.1) is 5.56 Å². The number of aromatic carboxylic acids is 1. The molecular formula is C15H21NO2. The first-order valence-electron chi connectivity index (χ1n) is 6.74. The van der Waals surface area contributed by atoms with Crippen LogP contribution in [0.1, 0.15) is 48.0 Å². The summed E-state index contributed by atoms with van der Waals surface area (Å²) < 4.78 is 0. The second kappa shape index (κ2) is 5.89. The number of hydrogen-bond acceptors (Lipinski definition) is 2. The molecule has 1 saturated carbocycles. The van der Waals surface area contributed by atoms with Gasteiger partial charge in [0, 0.05) is 12.2 Å². The van der Waals surface area contributed by atoms with Crippen molar-refractivity contribution in [3.8, 4) is 0 Å². The summed E-state index contributed by atoms with van der Waals surface area (Å²) >= 11 is 0. The largest absolute Gasteiger partial charge is 0.478 e. The predicted molar refractivity (Wildman–Crippen MR) is 73.2 cm³/mol. The van der Waals surface area contributed by atoms with E-state index in [-0.39, 0.29) is 0 Å². The molecule has 2 rings (SSSR count). The molecule has 0 saturated heterocycles. The van der Waals surface area contributed by atoms with Crippen LogP contribution in [0.5, 0.6) is 0 Å². The molecule has 1 aliphatic carbocycles. The summed E-state index contributed by atoms with van der Waals surface area (Å²) in [6.07, 6.45) is 6.50. The number of carboxylic acid groups (broad SMARTS) is 1. The van der Waals surface area contributed by atoms with Crippen molar-refractivity contribution in [2.24, 2.45) is 5.92 Å². The summed E-state index contributed by atoms with van der Waals surface area (Å²) in [4.78, 5) is 11.1. The first-order chi connectivity index (χ1) is 8.66. The third-order valence-corrected chi connectivity index (χ3v) is 3.71. The number of carboxylic acids is 1. The van der Waals surface area contributed by atoms with Crippen LogP contribution in [0.4, 0.5) is 5.69 Å². The van der Waals surface area contributed by atoms with Crippen LogP contribution >= 0.6 is 0 Å². The van der Waals surface area contributed by atoms with Crippen LogP contribution in [0, 0.1) is 12.8 Å².